The van der Waals surface area contributed by atoms with Gasteiger partial charge in [0.25, 0.3) is 0 Å². The van der Waals surface area contributed by atoms with Crippen molar-refractivity contribution in [2.45, 2.75) is 6.92 Å². The summed E-state index contributed by atoms with van der Waals surface area (Å²) in [4.78, 5) is 20.3. The Bertz CT molecular complexity index is 371. The number of aliphatic hydroxyl groups excluding tert-OH is 1. The van der Waals surface area contributed by atoms with Crippen molar-refractivity contribution < 1.29 is 29.3 Å². The van der Waals surface area contributed by atoms with Gasteiger partial charge in [0.2, 0.25) is 0 Å². The highest BCUT2D eigenvalue weighted by Gasteiger charge is 2.00. The number of ether oxygens (including phenoxy) is 2. The van der Waals surface area contributed by atoms with E-state index in [-0.39, 0.29) is 5.56 Å². The Hall–Kier alpha value is -2.08. The van der Waals surface area contributed by atoms with Gasteiger partial charge in [0.1, 0.15) is 12.4 Å². The van der Waals surface area contributed by atoms with Crippen molar-refractivity contribution in [2.75, 3.05) is 20.3 Å². The Morgan fingerprint density at radius 1 is 1.22 bits per heavy atom. The maximum absolute atomic E-state index is 10.4. The zero-order chi connectivity index (χ0) is 14.0. The fourth-order valence-electron chi connectivity index (χ4n) is 0.940. The van der Waals surface area contributed by atoms with E-state index in [2.05, 4.69) is 4.74 Å². The van der Waals surface area contributed by atoms with Gasteiger partial charge in [0.05, 0.1) is 19.3 Å². The fourth-order valence-corrected chi connectivity index (χ4v) is 0.940. The molecule has 0 saturated heterocycles. The minimum Gasteiger partial charge on any atom is -0.497 e. The minimum absolute atomic E-state index is 0.269. The molecule has 0 aliphatic rings. The number of carbonyl (C=O) groups excluding carboxylic acids is 1. The third kappa shape index (κ3) is 6.49. The summed E-state index contributed by atoms with van der Waals surface area (Å²) in [6.07, 6.45) is 0. The smallest absolute Gasteiger partial charge is 0.335 e. The van der Waals surface area contributed by atoms with Gasteiger partial charge in [-0.3, -0.25) is 0 Å². The molecule has 6 nitrogen and oxygen atoms in total. The van der Waals surface area contributed by atoms with Crippen LogP contribution in [0.5, 0.6) is 5.75 Å². The summed E-state index contributed by atoms with van der Waals surface area (Å²) in [7, 11) is 1.54. The average molecular weight is 256 g/mol. The van der Waals surface area contributed by atoms with Gasteiger partial charge in [0.15, 0.2) is 0 Å². The van der Waals surface area contributed by atoms with Crippen LogP contribution in [0.15, 0.2) is 24.3 Å². The highest BCUT2D eigenvalue weighted by Crippen LogP contribution is 2.10. The molecule has 6 heteroatoms. The molecule has 0 fully saturated rings. The average Bonchev–Trinajstić information content (AvgIpc) is 2.39. The Morgan fingerprint density at radius 3 is 2.06 bits per heavy atom. The van der Waals surface area contributed by atoms with Crippen LogP contribution >= 0.6 is 0 Å². The number of methoxy groups -OCH3 is 1. The van der Waals surface area contributed by atoms with Gasteiger partial charge in [-0.2, -0.15) is 0 Å². The first-order valence-corrected chi connectivity index (χ1v) is 5.19. The van der Waals surface area contributed by atoms with Crippen LogP contribution < -0.4 is 4.74 Å². The van der Waals surface area contributed by atoms with E-state index < -0.39 is 18.5 Å². The Morgan fingerprint density at radius 2 is 1.78 bits per heavy atom. The molecule has 0 bridgehead atoms. The van der Waals surface area contributed by atoms with Gasteiger partial charge in [-0.25, -0.2) is 9.59 Å². The molecule has 1 aromatic rings. The number of esters is 1. The van der Waals surface area contributed by atoms with E-state index in [9.17, 15) is 9.59 Å². The monoisotopic (exact) mass is 256 g/mol. The highest BCUT2D eigenvalue weighted by molar-refractivity contribution is 5.87. The molecule has 0 spiro atoms. The third-order valence-corrected chi connectivity index (χ3v) is 1.77. The number of carboxylic acids is 1. The summed E-state index contributed by atoms with van der Waals surface area (Å²) in [5.74, 6) is -0.829. The molecule has 0 aromatic heterocycles. The molecule has 0 aliphatic carbocycles. The Labute approximate surface area is 105 Å². The first kappa shape index (κ1) is 15.9. The summed E-state index contributed by atoms with van der Waals surface area (Å²) < 4.78 is 9.16. The molecule has 0 radical (unpaired) electrons. The maximum atomic E-state index is 10.4. The third-order valence-electron chi connectivity index (χ3n) is 1.77. The van der Waals surface area contributed by atoms with Crippen molar-refractivity contribution in [1.29, 1.82) is 0 Å². The molecule has 2 N–H and O–H groups in total. The van der Waals surface area contributed by atoms with Gasteiger partial charge >= 0.3 is 11.9 Å². The molecule has 18 heavy (non-hydrogen) atoms. The number of hydrogen-bond acceptors (Lipinski definition) is 5. The first-order chi connectivity index (χ1) is 8.54. The first-order valence-electron chi connectivity index (χ1n) is 5.19. The van der Waals surface area contributed by atoms with E-state index in [1.807, 2.05) is 0 Å². The van der Waals surface area contributed by atoms with E-state index in [0.717, 1.165) is 0 Å². The lowest BCUT2D eigenvalue weighted by atomic mass is 10.2. The number of benzene rings is 1. The van der Waals surface area contributed by atoms with E-state index >= 15 is 0 Å². The number of aromatic carboxylic acids is 1. The SMILES string of the molecule is CCOC(=O)CO.COc1ccc(C(=O)O)cc1. The lowest BCUT2D eigenvalue weighted by molar-refractivity contribution is -0.146. The Kier molecular flexibility index (Phi) is 7.96. The fraction of sp³-hybridized carbons (Fsp3) is 0.333. The second-order valence-corrected chi connectivity index (χ2v) is 3.00. The van der Waals surface area contributed by atoms with Gasteiger partial charge in [-0.1, -0.05) is 0 Å². The quantitative estimate of drug-likeness (QED) is 0.778. The number of aliphatic hydroxyl groups is 1. The number of carbonyl (C=O) groups is 2. The van der Waals surface area contributed by atoms with Gasteiger partial charge in [-0.15, -0.1) is 0 Å². The largest absolute Gasteiger partial charge is 0.497 e. The van der Waals surface area contributed by atoms with Gasteiger partial charge < -0.3 is 19.7 Å². The number of carboxylic acid groups (broad SMARTS) is 1. The second kappa shape index (κ2) is 9.00. The van der Waals surface area contributed by atoms with Gasteiger partial charge in [-0.05, 0) is 31.2 Å². The molecule has 0 amide bonds. The highest BCUT2D eigenvalue weighted by atomic mass is 16.5. The van der Waals surface area contributed by atoms with Crippen molar-refractivity contribution in [3.63, 3.8) is 0 Å². The van der Waals surface area contributed by atoms with Crippen molar-refractivity contribution in [3.8, 4) is 5.75 Å². The molecule has 0 saturated carbocycles. The van der Waals surface area contributed by atoms with Crippen molar-refractivity contribution in [2.24, 2.45) is 0 Å². The summed E-state index contributed by atoms with van der Waals surface area (Å²) in [6, 6.07) is 6.23. The predicted octanol–water partition coefficient (Wildman–Crippen LogP) is 0.935. The zero-order valence-corrected chi connectivity index (χ0v) is 10.3. The lowest BCUT2D eigenvalue weighted by Gasteiger charge is -1.98. The molecule has 1 aromatic carbocycles. The normalized spacial score (nSPS) is 8.83. The van der Waals surface area contributed by atoms with Crippen LogP contribution in [0.3, 0.4) is 0 Å². The van der Waals surface area contributed by atoms with Crippen molar-refractivity contribution >= 4 is 11.9 Å². The standard InChI is InChI=1S/C8H8O3.C4H8O3/c1-11-7-4-2-6(3-5-7)8(9)10;1-2-7-4(6)3-5/h2-5H,1H3,(H,9,10);5H,2-3H2,1H3. The number of hydrogen-bond donors (Lipinski definition) is 2. The molecule has 1 rings (SSSR count). The van der Waals surface area contributed by atoms with Crippen LogP contribution in [0, 0.1) is 0 Å². The molecular formula is C12H16O6. The van der Waals surface area contributed by atoms with E-state index in [0.29, 0.717) is 12.4 Å². The van der Waals surface area contributed by atoms with E-state index in [1.54, 1.807) is 19.1 Å². The van der Waals surface area contributed by atoms with Crippen LogP contribution in [0.4, 0.5) is 0 Å². The zero-order valence-electron chi connectivity index (χ0n) is 10.3. The summed E-state index contributed by atoms with van der Waals surface area (Å²) in [5.41, 5.74) is 0.269. The second-order valence-electron chi connectivity index (χ2n) is 3.00. The van der Waals surface area contributed by atoms with Crippen LogP contribution in [0.1, 0.15) is 17.3 Å². The van der Waals surface area contributed by atoms with E-state index in [1.165, 1.54) is 19.2 Å². The molecule has 0 aliphatic heterocycles. The summed E-state index contributed by atoms with van der Waals surface area (Å²) in [6.45, 7) is 1.50. The molecule has 0 atom stereocenters. The van der Waals surface area contributed by atoms with Crippen LogP contribution in [-0.2, 0) is 9.53 Å². The molecule has 100 valence electrons. The van der Waals surface area contributed by atoms with E-state index in [4.69, 9.17) is 14.9 Å². The Balaban J connectivity index is 0.000000360. The molecule has 0 heterocycles. The van der Waals surface area contributed by atoms with Crippen LogP contribution in [-0.4, -0.2) is 42.5 Å². The summed E-state index contributed by atoms with van der Waals surface area (Å²) >= 11 is 0. The molecule has 0 unspecified atom stereocenters. The lowest BCUT2D eigenvalue weighted by Crippen LogP contribution is -2.07. The number of rotatable bonds is 4. The minimum atomic E-state index is -0.923. The predicted molar refractivity (Wildman–Crippen MR) is 63.7 cm³/mol. The maximum Gasteiger partial charge on any atom is 0.335 e. The van der Waals surface area contributed by atoms with Crippen LogP contribution in [0.2, 0.25) is 0 Å². The van der Waals surface area contributed by atoms with Crippen LogP contribution in [0.25, 0.3) is 0 Å². The van der Waals surface area contributed by atoms with Crippen molar-refractivity contribution in [3.05, 3.63) is 29.8 Å². The topological polar surface area (TPSA) is 93.1 Å². The molecular weight excluding hydrogens is 240 g/mol. The summed E-state index contributed by atoms with van der Waals surface area (Å²) in [5, 5.41) is 16.5. The van der Waals surface area contributed by atoms with Gasteiger partial charge in [0, 0.05) is 0 Å². The van der Waals surface area contributed by atoms with Crippen molar-refractivity contribution in [1.82, 2.24) is 0 Å².